The van der Waals surface area contributed by atoms with Crippen LogP contribution in [-0.4, -0.2) is 43.0 Å². The van der Waals surface area contributed by atoms with Crippen LogP contribution in [0.5, 0.6) is 0 Å². The Labute approximate surface area is 158 Å². The second-order valence-corrected chi connectivity index (χ2v) is 6.80. The van der Waals surface area contributed by atoms with Crippen molar-refractivity contribution in [3.05, 3.63) is 59.1 Å². The molecular weight excluding hydrogens is 348 g/mol. The quantitative estimate of drug-likeness (QED) is 0.898. The van der Waals surface area contributed by atoms with Gasteiger partial charge in [0.05, 0.1) is 17.7 Å². The maximum Gasteiger partial charge on any atom is 0.241 e. The van der Waals surface area contributed by atoms with Gasteiger partial charge in [-0.1, -0.05) is 23.7 Å². The third-order valence-corrected chi connectivity index (χ3v) is 4.91. The lowest BCUT2D eigenvalue weighted by Crippen LogP contribution is -2.52. The van der Waals surface area contributed by atoms with Crippen molar-refractivity contribution in [1.82, 2.24) is 4.90 Å². The smallest absolute Gasteiger partial charge is 0.241 e. The molecule has 1 atom stereocenters. The van der Waals surface area contributed by atoms with Crippen molar-refractivity contribution in [3.8, 4) is 6.07 Å². The number of benzene rings is 2. The zero-order valence-electron chi connectivity index (χ0n) is 14.7. The summed E-state index contributed by atoms with van der Waals surface area (Å²) in [5.74, 6) is -0.0590. The van der Waals surface area contributed by atoms with Crippen LogP contribution in [0.1, 0.15) is 12.5 Å². The van der Waals surface area contributed by atoms with E-state index < -0.39 is 0 Å². The van der Waals surface area contributed by atoms with Crippen molar-refractivity contribution in [3.63, 3.8) is 0 Å². The van der Waals surface area contributed by atoms with Crippen LogP contribution in [0, 0.1) is 11.3 Å². The molecule has 134 valence electrons. The first-order valence-electron chi connectivity index (χ1n) is 8.62. The first kappa shape index (κ1) is 18.2. The van der Waals surface area contributed by atoms with Crippen LogP contribution in [0.2, 0.25) is 5.02 Å². The van der Waals surface area contributed by atoms with Crippen LogP contribution in [-0.2, 0) is 4.79 Å². The molecule has 1 N–H and O–H groups in total. The molecule has 0 radical (unpaired) electrons. The van der Waals surface area contributed by atoms with Gasteiger partial charge < -0.3 is 10.2 Å². The number of hydrogen-bond acceptors (Lipinski definition) is 4. The van der Waals surface area contributed by atoms with Gasteiger partial charge in [0.15, 0.2) is 0 Å². The number of nitriles is 1. The molecule has 1 amide bonds. The zero-order chi connectivity index (χ0) is 18.5. The molecule has 0 saturated carbocycles. The number of hydrogen-bond donors (Lipinski definition) is 1. The van der Waals surface area contributed by atoms with Gasteiger partial charge in [-0.2, -0.15) is 5.26 Å². The maximum atomic E-state index is 12.5. The number of anilines is 2. The lowest BCUT2D eigenvalue weighted by atomic mass is 10.1. The highest BCUT2D eigenvalue weighted by Gasteiger charge is 2.25. The lowest BCUT2D eigenvalue weighted by Gasteiger charge is -2.38. The molecule has 1 unspecified atom stereocenters. The number of piperazine rings is 1. The fraction of sp³-hybridized carbons (Fsp3) is 0.300. The highest BCUT2D eigenvalue weighted by Crippen LogP contribution is 2.21. The van der Waals surface area contributed by atoms with Crippen molar-refractivity contribution in [2.75, 3.05) is 36.4 Å². The zero-order valence-corrected chi connectivity index (χ0v) is 15.4. The van der Waals surface area contributed by atoms with Crippen LogP contribution in [0.4, 0.5) is 11.4 Å². The van der Waals surface area contributed by atoms with Gasteiger partial charge in [0.2, 0.25) is 5.91 Å². The summed E-state index contributed by atoms with van der Waals surface area (Å²) < 4.78 is 0. The van der Waals surface area contributed by atoms with Crippen LogP contribution in [0.3, 0.4) is 0 Å². The molecule has 1 aliphatic heterocycles. The minimum atomic E-state index is -0.234. The van der Waals surface area contributed by atoms with Crippen LogP contribution < -0.4 is 10.2 Å². The van der Waals surface area contributed by atoms with Crippen molar-refractivity contribution in [1.29, 1.82) is 5.26 Å². The number of nitrogens with zero attached hydrogens (tertiary/aromatic N) is 3. The molecule has 0 spiro atoms. The van der Waals surface area contributed by atoms with Gasteiger partial charge in [0, 0.05) is 42.6 Å². The topological polar surface area (TPSA) is 59.4 Å². The van der Waals surface area contributed by atoms with E-state index in [0.29, 0.717) is 11.3 Å². The first-order chi connectivity index (χ1) is 12.6. The van der Waals surface area contributed by atoms with E-state index in [0.717, 1.165) is 36.9 Å². The Morgan fingerprint density at radius 2 is 1.88 bits per heavy atom. The van der Waals surface area contributed by atoms with E-state index in [1.807, 2.05) is 25.1 Å². The highest BCUT2D eigenvalue weighted by atomic mass is 35.5. The fourth-order valence-electron chi connectivity index (χ4n) is 3.12. The first-order valence-corrected chi connectivity index (χ1v) is 9.00. The summed E-state index contributed by atoms with van der Waals surface area (Å²) in [6.07, 6.45) is 0. The summed E-state index contributed by atoms with van der Waals surface area (Å²) in [7, 11) is 0. The average molecular weight is 369 g/mol. The Balaban J connectivity index is 1.56. The van der Waals surface area contributed by atoms with Crippen molar-refractivity contribution >= 4 is 28.9 Å². The van der Waals surface area contributed by atoms with Crippen LogP contribution in [0.15, 0.2) is 48.5 Å². The summed E-state index contributed by atoms with van der Waals surface area (Å²) in [6, 6.07) is 16.7. The van der Waals surface area contributed by atoms with Gasteiger partial charge in [0.1, 0.15) is 0 Å². The molecule has 3 rings (SSSR count). The molecule has 5 nitrogen and oxygen atoms in total. The molecule has 0 bridgehead atoms. The molecule has 2 aromatic carbocycles. The van der Waals surface area contributed by atoms with E-state index in [4.69, 9.17) is 16.9 Å². The number of nitrogens with one attached hydrogen (secondary N) is 1. The summed E-state index contributed by atoms with van der Waals surface area (Å²) in [4.78, 5) is 17.0. The van der Waals surface area contributed by atoms with E-state index in [-0.39, 0.29) is 11.9 Å². The van der Waals surface area contributed by atoms with Crippen LogP contribution >= 0.6 is 11.6 Å². The fourth-order valence-corrected chi connectivity index (χ4v) is 3.30. The van der Waals surface area contributed by atoms with Crippen molar-refractivity contribution < 1.29 is 4.79 Å². The van der Waals surface area contributed by atoms with E-state index in [2.05, 4.69) is 27.3 Å². The van der Waals surface area contributed by atoms with Gasteiger partial charge >= 0.3 is 0 Å². The Hall–Kier alpha value is -2.55. The number of carbonyl (C=O) groups excluding carboxylic acids is 1. The predicted molar refractivity (Wildman–Crippen MR) is 104 cm³/mol. The van der Waals surface area contributed by atoms with Crippen molar-refractivity contribution in [2.24, 2.45) is 0 Å². The monoisotopic (exact) mass is 368 g/mol. The molecular formula is C20H21ClN4O. The summed E-state index contributed by atoms with van der Waals surface area (Å²) >= 11 is 6.07. The number of amides is 1. The molecule has 1 fully saturated rings. The van der Waals surface area contributed by atoms with Gasteiger partial charge in [-0.05, 0) is 43.3 Å². The van der Waals surface area contributed by atoms with Crippen molar-refractivity contribution in [2.45, 2.75) is 13.0 Å². The van der Waals surface area contributed by atoms with E-state index in [1.165, 1.54) is 0 Å². The predicted octanol–water partition coefficient (Wildman–Crippen LogP) is 3.36. The normalized spacial score (nSPS) is 16.0. The van der Waals surface area contributed by atoms with Gasteiger partial charge in [-0.25, -0.2) is 0 Å². The lowest BCUT2D eigenvalue weighted by molar-refractivity contribution is -0.120. The van der Waals surface area contributed by atoms with Crippen LogP contribution in [0.25, 0.3) is 0 Å². The second-order valence-electron chi connectivity index (χ2n) is 6.36. The molecule has 0 aromatic heterocycles. The summed E-state index contributed by atoms with van der Waals surface area (Å²) in [6.45, 7) is 5.22. The van der Waals surface area contributed by atoms with Gasteiger partial charge in [-0.15, -0.1) is 0 Å². The molecule has 1 aliphatic rings. The summed E-state index contributed by atoms with van der Waals surface area (Å²) in [5.41, 5.74) is 2.30. The molecule has 1 saturated heterocycles. The van der Waals surface area contributed by atoms with Gasteiger partial charge in [-0.3, -0.25) is 9.69 Å². The van der Waals surface area contributed by atoms with E-state index >= 15 is 0 Å². The average Bonchev–Trinajstić information content (AvgIpc) is 2.67. The van der Waals surface area contributed by atoms with Gasteiger partial charge in [0.25, 0.3) is 0 Å². The molecule has 6 heteroatoms. The largest absolute Gasteiger partial charge is 0.369 e. The number of rotatable bonds is 4. The Kier molecular flexibility index (Phi) is 5.77. The molecule has 2 aromatic rings. The molecule has 26 heavy (non-hydrogen) atoms. The molecule has 0 aliphatic carbocycles. The summed E-state index contributed by atoms with van der Waals surface area (Å²) in [5, 5.41) is 12.6. The second kappa shape index (κ2) is 8.22. The minimum absolute atomic E-state index is 0.0590. The highest BCUT2D eigenvalue weighted by molar-refractivity contribution is 6.30. The minimum Gasteiger partial charge on any atom is -0.369 e. The Morgan fingerprint density at radius 3 is 2.58 bits per heavy atom. The third-order valence-electron chi connectivity index (χ3n) is 4.67. The number of carbonyl (C=O) groups is 1. The SMILES string of the molecule is CC(C(=O)Nc1cccc(C#N)c1)N1CCN(c2cccc(Cl)c2)CC1. The maximum absolute atomic E-state index is 12.5. The Morgan fingerprint density at radius 1 is 1.15 bits per heavy atom. The molecule has 1 heterocycles. The van der Waals surface area contributed by atoms with E-state index in [1.54, 1.807) is 24.3 Å². The van der Waals surface area contributed by atoms with E-state index in [9.17, 15) is 4.79 Å². The number of halogens is 1. The Bertz CT molecular complexity index is 825. The third kappa shape index (κ3) is 4.34. The standard InChI is InChI=1S/C20H21ClN4O/c1-15(20(26)23-18-6-2-4-16(12-18)14-22)24-8-10-25(11-9-24)19-7-3-5-17(21)13-19/h2-7,12-13,15H,8-11H2,1H3,(H,23,26).